The maximum Gasteiger partial charge on any atom is 0.134 e. The van der Waals surface area contributed by atoms with Gasteiger partial charge in [0, 0.05) is 23.3 Å². The minimum atomic E-state index is 0.472. The Labute approximate surface area is 126 Å². The Balaban J connectivity index is 1.98. The molecule has 0 saturated heterocycles. The van der Waals surface area contributed by atoms with Crippen LogP contribution in [0.2, 0.25) is 5.02 Å². The number of anilines is 1. The molecule has 1 aromatic heterocycles. The Morgan fingerprint density at radius 1 is 1.32 bits per heavy atom. The van der Waals surface area contributed by atoms with Crippen molar-refractivity contribution in [2.24, 2.45) is 0 Å². The first-order valence-corrected chi connectivity index (χ1v) is 7.13. The Kier molecular flexibility index (Phi) is 5.05. The maximum atomic E-state index is 5.88. The number of pyridine rings is 1. The molecule has 5 heteroatoms. The molecule has 0 aliphatic carbocycles. The molecule has 0 radical (unpaired) electrons. The highest BCUT2D eigenvalue weighted by Crippen LogP contribution is 2.28. The summed E-state index contributed by atoms with van der Waals surface area (Å²) in [5.41, 5.74) is 1.02. The molecular weight excluding hydrogens is 328 g/mol. The standard InChI is InChI=1S/C14H14BrClN2O/c1-2-17-14-6-3-10(8-18-14)9-19-13-5-4-11(16)7-12(13)15/h3-8H,2,9H2,1H3,(H,17,18). The molecule has 0 unspecified atom stereocenters. The molecule has 0 fully saturated rings. The van der Waals surface area contributed by atoms with Crippen LogP contribution in [-0.2, 0) is 6.61 Å². The van der Waals surface area contributed by atoms with Gasteiger partial charge in [-0.3, -0.25) is 0 Å². The van der Waals surface area contributed by atoms with E-state index in [4.69, 9.17) is 16.3 Å². The smallest absolute Gasteiger partial charge is 0.134 e. The van der Waals surface area contributed by atoms with E-state index in [1.807, 2.05) is 37.4 Å². The highest BCUT2D eigenvalue weighted by atomic mass is 79.9. The van der Waals surface area contributed by atoms with Gasteiger partial charge in [0.2, 0.25) is 0 Å². The number of benzene rings is 1. The minimum absolute atomic E-state index is 0.472. The monoisotopic (exact) mass is 340 g/mol. The summed E-state index contributed by atoms with van der Waals surface area (Å²) >= 11 is 9.30. The van der Waals surface area contributed by atoms with Gasteiger partial charge >= 0.3 is 0 Å². The van der Waals surface area contributed by atoms with E-state index >= 15 is 0 Å². The quantitative estimate of drug-likeness (QED) is 0.869. The van der Waals surface area contributed by atoms with Gasteiger partial charge in [-0.15, -0.1) is 0 Å². The van der Waals surface area contributed by atoms with E-state index in [1.165, 1.54) is 0 Å². The lowest BCUT2D eigenvalue weighted by Crippen LogP contribution is -2.01. The molecule has 0 aliphatic heterocycles. The highest BCUT2D eigenvalue weighted by Gasteiger charge is 2.03. The number of ether oxygens (including phenoxy) is 1. The summed E-state index contributed by atoms with van der Waals surface area (Å²) in [6.45, 7) is 3.37. The fourth-order valence-electron chi connectivity index (χ4n) is 1.55. The summed E-state index contributed by atoms with van der Waals surface area (Å²) in [5, 5.41) is 3.83. The van der Waals surface area contributed by atoms with Crippen LogP contribution in [0.3, 0.4) is 0 Å². The molecule has 0 saturated carbocycles. The summed E-state index contributed by atoms with van der Waals surface area (Å²) in [6.07, 6.45) is 1.81. The lowest BCUT2D eigenvalue weighted by molar-refractivity contribution is 0.304. The van der Waals surface area contributed by atoms with E-state index in [2.05, 4.69) is 26.2 Å². The van der Waals surface area contributed by atoms with Crippen molar-refractivity contribution in [1.82, 2.24) is 4.98 Å². The number of aromatic nitrogens is 1. The van der Waals surface area contributed by atoms with Crippen LogP contribution in [0.15, 0.2) is 41.0 Å². The Hall–Kier alpha value is -1.26. The summed E-state index contributed by atoms with van der Waals surface area (Å²) in [5.74, 6) is 1.64. The lowest BCUT2D eigenvalue weighted by atomic mass is 10.3. The third-order valence-corrected chi connectivity index (χ3v) is 3.33. The average molecular weight is 342 g/mol. The van der Waals surface area contributed by atoms with Crippen molar-refractivity contribution in [3.8, 4) is 5.75 Å². The van der Waals surface area contributed by atoms with Crippen LogP contribution in [0, 0.1) is 0 Å². The lowest BCUT2D eigenvalue weighted by Gasteiger charge is -2.09. The van der Waals surface area contributed by atoms with Gasteiger partial charge in [0.15, 0.2) is 0 Å². The Morgan fingerprint density at radius 3 is 2.79 bits per heavy atom. The molecule has 100 valence electrons. The van der Waals surface area contributed by atoms with Crippen LogP contribution in [0.1, 0.15) is 12.5 Å². The van der Waals surface area contributed by atoms with Gasteiger partial charge in [-0.1, -0.05) is 17.7 Å². The SMILES string of the molecule is CCNc1ccc(COc2ccc(Cl)cc2Br)cn1. The largest absolute Gasteiger partial charge is 0.488 e. The van der Waals surface area contributed by atoms with Crippen LogP contribution < -0.4 is 10.1 Å². The van der Waals surface area contributed by atoms with Crippen LogP contribution in [0.4, 0.5) is 5.82 Å². The molecule has 0 spiro atoms. The molecule has 1 N–H and O–H groups in total. The summed E-state index contributed by atoms with van der Waals surface area (Å²) < 4.78 is 6.56. The summed E-state index contributed by atoms with van der Waals surface area (Å²) in [7, 11) is 0. The molecule has 1 heterocycles. The summed E-state index contributed by atoms with van der Waals surface area (Å²) in [4.78, 5) is 4.29. The molecule has 0 aliphatic rings. The van der Waals surface area contributed by atoms with Gasteiger partial charge in [-0.25, -0.2) is 4.98 Å². The van der Waals surface area contributed by atoms with Gasteiger partial charge in [0.1, 0.15) is 18.2 Å². The molecule has 2 aromatic rings. The van der Waals surface area contributed by atoms with Crippen LogP contribution in [0.5, 0.6) is 5.75 Å². The topological polar surface area (TPSA) is 34.1 Å². The van der Waals surface area contributed by atoms with Crippen molar-refractivity contribution >= 4 is 33.3 Å². The highest BCUT2D eigenvalue weighted by molar-refractivity contribution is 9.10. The second kappa shape index (κ2) is 6.78. The number of halogens is 2. The molecule has 0 amide bonds. The van der Waals surface area contributed by atoms with Crippen molar-refractivity contribution in [2.75, 3.05) is 11.9 Å². The molecule has 0 atom stereocenters. The van der Waals surface area contributed by atoms with E-state index in [0.717, 1.165) is 28.1 Å². The van der Waals surface area contributed by atoms with Gasteiger partial charge < -0.3 is 10.1 Å². The van der Waals surface area contributed by atoms with Gasteiger partial charge in [-0.05, 0) is 47.1 Å². The molecule has 1 aromatic carbocycles. The Bertz CT molecular complexity index is 546. The van der Waals surface area contributed by atoms with E-state index in [9.17, 15) is 0 Å². The Morgan fingerprint density at radius 2 is 2.16 bits per heavy atom. The van der Waals surface area contributed by atoms with Crippen LogP contribution in [0.25, 0.3) is 0 Å². The molecular formula is C14H14BrClN2O. The first-order valence-electron chi connectivity index (χ1n) is 5.95. The third kappa shape index (κ3) is 4.11. The first-order chi connectivity index (χ1) is 9.19. The van der Waals surface area contributed by atoms with Crippen molar-refractivity contribution in [1.29, 1.82) is 0 Å². The van der Waals surface area contributed by atoms with E-state index in [0.29, 0.717) is 11.6 Å². The summed E-state index contributed by atoms with van der Waals surface area (Å²) in [6, 6.07) is 9.39. The van der Waals surface area contributed by atoms with Crippen molar-refractivity contribution in [3.05, 3.63) is 51.6 Å². The molecule has 2 rings (SSSR count). The van der Waals surface area contributed by atoms with Crippen molar-refractivity contribution in [3.63, 3.8) is 0 Å². The molecule has 0 bridgehead atoms. The fourth-order valence-corrected chi connectivity index (χ4v) is 2.35. The zero-order chi connectivity index (χ0) is 13.7. The number of nitrogens with zero attached hydrogens (tertiary/aromatic N) is 1. The number of rotatable bonds is 5. The minimum Gasteiger partial charge on any atom is -0.488 e. The number of hydrogen-bond acceptors (Lipinski definition) is 3. The van der Waals surface area contributed by atoms with E-state index in [1.54, 1.807) is 6.07 Å². The van der Waals surface area contributed by atoms with Gasteiger partial charge in [-0.2, -0.15) is 0 Å². The van der Waals surface area contributed by atoms with Crippen LogP contribution >= 0.6 is 27.5 Å². The van der Waals surface area contributed by atoms with Crippen molar-refractivity contribution in [2.45, 2.75) is 13.5 Å². The van der Waals surface area contributed by atoms with Crippen molar-refractivity contribution < 1.29 is 4.74 Å². The predicted octanol–water partition coefficient (Wildman–Crippen LogP) is 4.51. The fraction of sp³-hybridized carbons (Fsp3) is 0.214. The predicted molar refractivity (Wildman–Crippen MR) is 81.9 cm³/mol. The normalized spacial score (nSPS) is 10.3. The van der Waals surface area contributed by atoms with Gasteiger partial charge in [0.05, 0.1) is 4.47 Å². The van der Waals surface area contributed by atoms with E-state index < -0.39 is 0 Å². The first kappa shape index (κ1) is 14.2. The van der Waals surface area contributed by atoms with Gasteiger partial charge in [0.25, 0.3) is 0 Å². The van der Waals surface area contributed by atoms with Crippen LogP contribution in [-0.4, -0.2) is 11.5 Å². The zero-order valence-corrected chi connectivity index (χ0v) is 12.8. The third-order valence-electron chi connectivity index (χ3n) is 2.47. The number of nitrogens with one attached hydrogen (secondary N) is 1. The zero-order valence-electron chi connectivity index (χ0n) is 10.5. The maximum absolute atomic E-state index is 5.88. The molecule has 3 nitrogen and oxygen atoms in total. The second-order valence-electron chi connectivity index (χ2n) is 3.95. The average Bonchev–Trinajstić information content (AvgIpc) is 2.40. The second-order valence-corrected chi connectivity index (χ2v) is 5.24. The molecule has 19 heavy (non-hydrogen) atoms. The van der Waals surface area contributed by atoms with E-state index in [-0.39, 0.29) is 0 Å². The number of hydrogen-bond donors (Lipinski definition) is 1.